The van der Waals surface area contributed by atoms with Crippen molar-refractivity contribution in [3.63, 3.8) is 0 Å². The molecule has 3 aromatic rings. The Morgan fingerprint density at radius 3 is 2.27 bits per heavy atom. The summed E-state index contributed by atoms with van der Waals surface area (Å²) in [6, 6.07) is 16.2. The second-order valence-corrected chi connectivity index (χ2v) is 7.97. The van der Waals surface area contributed by atoms with Gasteiger partial charge in [-0.05, 0) is 48.0 Å². The average molecular weight is 429 g/mol. The van der Waals surface area contributed by atoms with Crippen molar-refractivity contribution in [3.8, 4) is 0 Å². The first-order valence-electron chi connectivity index (χ1n) is 8.64. The molecule has 2 N–H and O–H groups in total. The summed E-state index contributed by atoms with van der Waals surface area (Å²) in [7, 11) is -3.87. The first-order chi connectivity index (χ1) is 14.2. The van der Waals surface area contributed by atoms with Gasteiger partial charge in [0.1, 0.15) is 5.82 Å². The van der Waals surface area contributed by atoms with E-state index in [0.29, 0.717) is 11.3 Å². The van der Waals surface area contributed by atoms with Crippen LogP contribution >= 0.6 is 0 Å². The number of benzene rings is 3. The minimum absolute atomic E-state index is 0.00627. The number of rotatable bonds is 7. The zero-order chi connectivity index (χ0) is 21.7. The third kappa shape index (κ3) is 5.39. The first kappa shape index (κ1) is 20.9. The Labute approximate surface area is 171 Å². The highest BCUT2D eigenvalue weighted by Crippen LogP contribution is 2.19. The largest absolute Gasteiger partial charge is 0.326 e. The van der Waals surface area contributed by atoms with Crippen molar-refractivity contribution >= 4 is 33.0 Å². The molecule has 0 fully saturated rings. The van der Waals surface area contributed by atoms with Crippen molar-refractivity contribution in [1.29, 1.82) is 0 Å². The molecule has 0 saturated heterocycles. The number of nitro benzene ring substituents is 1. The number of nitrogens with zero attached hydrogens (tertiary/aromatic N) is 1. The van der Waals surface area contributed by atoms with Gasteiger partial charge in [0, 0.05) is 23.5 Å². The van der Waals surface area contributed by atoms with Gasteiger partial charge in [-0.2, -0.15) is 0 Å². The number of carbonyl (C=O) groups excluding carboxylic acids is 1. The van der Waals surface area contributed by atoms with Crippen molar-refractivity contribution < 1.29 is 22.5 Å². The third-order valence-corrected chi connectivity index (χ3v) is 5.43. The SMILES string of the molecule is O=C(Cc1ccc(NS(=O)(=O)c2ccc(F)cc2)cc1)Nc1cccc([N+](=O)[O-])c1. The molecule has 0 radical (unpaired) electrons. The third-order valence-electron chi connectivity index (χ3n) is 4.04. The van der Waals surface area contributed by atoms with Gasteiger partial charge in [0.2, 0.25) is 5.91 Å². The number of nitrogens with one attached hydrogen (secondary N) is 2. The van der Waals surface area contributed by atoms with E-state index in [1.165, 1.54) is 36.4 Å². The fraction of sp³-hybridized carbons (Fsp3) is 0.0500. The molecule has 0 aliphatic carbocycles. The Balaban J connectivity index is 1.63. The Morgan fingerprint density at radius 2 is 1.63 bits per heavy atom. The molecule has 8 nitrogen and oxygen atoms in total. The molecular weight excluding hydrogens is 413 g/mol. The van der Waals surface area contributed by atoms with Crippen LogP contribution < -0.4 is 10.0 Å². The van der Waals surface area contributed by atoms with E-state index in [2.05, 4.69) is 10.0 Å². The van der Waals surface area contributed by atoms with Crippen LogP contribution in [0.4, 0.5) is 21.5 Å². The van der Waals surface area contributed by atoms with E-state index in [1.807, 2.05) is 0 Å². The molecule has 0 unspecified atom stereocenters. The maximum Gasteiger partial charge on any atom is 0.271 e. The predicted octanol–water partition coefficient (Wildman–Crippen LogP) is 3.72. The van der Waals surface area contributed by atoms with Gasteiger partial charge in [-0.15, -0.1) is 0 Å². The number of hydrogen-bond donors (Lipinski definition) is 2. The standard InChI is InChI=1S/C20H16FN3O5S/c21-15-6-10-19(11-7-15)30(28,29)23-16-8-4-14(5-9-16)12-20(25)22-17-2-1-3-18(13-17)24(26)27/h1-11,13,23H,12H2,(H,22,25). The Morgan fingerprint density at radius 1 is 0.967 bits per heavy atom. The Hall–Kier alpha value is -3.79. The molecule has 0 heterocycles. The summed E-state index contributed by atoms with van der Waals surface area (Å²) in [5.74, 6) is -0.920. The van der Waals surface area contributed by atoms with E-state index >= 15 is 0 Å². The van der Waals surface area contributed by atoms with Gasteiger partial charge in [0.05, 0.1) is 16.2 Å². The van der Waals surface area contributed by atoms with Crippen molar-refractivity contribution in [3.05, 3.63) is 94.3 Å². The highest BCUT2D eigenvalue weighted by Gasteiger charge is 2.14. The fourth-order valence-electron chi connectivity index (χ4n) is 2.61. The maximum atomic E-state index is 13.0. The number of amides is 1. The van der Waals surface area contributed by atoms with Gasteiger partial charge in [-0.3, -0.25) is 19.6 Å². The summed E-state index contributed by atoms with van der Waals surface area (Å²) in [4.78, 5) is 22.3. The van der Waals surface area contributed by atoms with Gasteiger partial charge >= 0.3 is 0 Å². The van der Waals surface area contributed by atoms with Crippen molar-refractivity contribution in [1.82, 2.24) is 0 Å². The van der Waals surface area contributed by atoms with Gasteiger partial charge in [0.25, 0.3) is 15.7 Å². The van der Waals surface area contributed by atoms with Gasteiger partial charge in [-0.1, -0.05) is 18.2 Å². The van der Waals surface area contributed by atoms with Crippen LogP contribution in [0.3, 0.4) is 0 Å². The van der Waals surface area contributed by atoms with Crippen LogP contribution in [-0.4, -0.2) is 19.2 Å². The van der Waals surface area contributed by atoms with Crippen LogP contribution in [0.5, 0.6) is 0 Å². The van der Waals surface area contributed by atoms with Gasteiger partial charge < -0.3 is 5.32 Å². The monoisotopic (exact) mass is 429 g/mol. The minimum atomic E-state index is -3.87. The minimum Gasteiger partial charge on any atom is -0.326 e. The number of non-ortho nitro benzene ring substituents is 1. The molecule has 30 heavy (non-hydrogen) atoms. The topological polar surface area (TPSA) is 118 Å². The number of carbonyl (C=O) groups is 1. The number of hydrogen-bond acceptors (Lipinski definition) is 5. The van der Waals surface area contributed by atoms with E-state index in [9.17, 15) is 27.7 Å². The average Bonchev–Trinajstić information content (AvgIpc) is 2.70. The summed E-state index contributed by atoms with van der Waals surface area (Å²) in [5, 5.41) is 13.4. The van der Waals surface area contributed by atoms with E-state index in [1.54, 1.807) is 12.1 Å². The Bertz CT molecular complexity index is 1180. The summed E-state index contributed by atoms with van der Waals surface area (Å²) in [6.07, 6.45) is -0.00627. The van der Waals surface area contributed by atoms with Gasteiger partial charge in [0.15, 0.2) is 0 Å². The lowest BCUT2D eigenvalue weighted by Crippen LogP contribution is -2.15. The van der Waals surface area contributed by atoms with E-state index < -0.39 is 20.8 Å². The lowest BCUT2D eigenvalue weighted by Gasteiger charge is -2.09. The van der Waals surface area contributed by atoms with Crippen LogP contribution in [0, 0.1) is 15.9 Å². The molecule has 0 bridgehead atoms. The molecule has 3 rings (SSSR count). The highest BCUT2D eigenvalue weighted by molar-refractivity contribution is 7.92. The van der Waals surface area contributed by atoms with E-state index in [-0.39, 0.29) is 28.6 Å². The van der Waals surface area contributed by atoms with E-state index in [0.717, 1.165) is 24.3 Å². The second kappa shape index (κ2) is 8.70. The zero-order valence-corrected chi connectivity index (χ0v) is 16.2. The predicted molar refractivity (Wildman–Crippen MR) is 109 cm³/mol. The number of nitro groups is 1. The van der Waals surface area contributed by atoms with Gasteiger partial charge in [-0.25, -0.2) is 12.8 Å². The smallest absolute Gasteiger partial charge is 0.271 e. The fourth-order valence-corrected chi connectivity index (χ4v) is 3.66. The zero-order valence-electron chi connectivity index (χ0n) is 15.4. The molecule has 0 atom stereocenters. The maximum absolute atomic E-state index is 13.0. The Kier molecular flexibility index (Phi) is 6.07. The first-order valence-corrected chi connectivity index (χ1v) is 10.1. The molecule has 0 saturated carbocycles. The van der Waals surface area contributed by atoms with Crippen LogP contribution in [0.25, 0.3) is 0 Å². The quantitative estimate of drug-likeness (QED) is 0.438. The highest BCUT2D eigenvalue weighted by atomic mass is 32.2. The van der Waals surface area contributed by atoms with Crippen LogP contribution in [-0.2, 0) is 21.2 Å². The number of halogens is 1. The van der Waals surface area contributed by atoms with Crippen LogP contribution in [0.2, 0.25) is 0 Å². The molecule has 0 spiro atoms. The molecule has 0 aliphatic heterocycles. The van der Waals surface area contributed by atoms with Crippen molar-refractivity contribution in [2.75, 3.05) is 10.0 Å². The molecule has 154 valence electrons. The van der Waals surface area contributed by atoms with E-state index in [4.69, 9.17) is 0 Å². The normalized spacial score (nSPS) is 11.0. The molecule has 10 heteroatoms. The summed E-state index contributed by atoms with van der Waals surface area (Å²) < 4.78 is 40.0. The summed E-state index contributed by atoms with van der Waals surface area (Å²) >= 11 is 0. The molecule has 0 aliphatic rings. The summed E-state index contributed by atoms with van der Waals surface area (Å²) in [5.41, 5.74) is 1.06. The molecule has 0 aromatic heterocycles. The summed E-state index contributed by atoms with van der Waals surface area (Å²) in [6.45, 7) is 0. The lowest BCUT2D eigenvalue weighted by molar-refractivity contribution is -0.384. The molecule has 1 amide bonds. The lowest BCUT2D eigenvalue weighted by atomic mass is 10.1. The molecular formula is C20H16FN3O5S. The molecule has 3 aromatic carbocycles. The van der Waals surface area contributed by atoms with Crippen LogP contribution in [0.15, 0.2) is 77.7 Å². The number of anilines is 2. The van der Waals surface area contributed by atoms with Crippen molar-refractivity contribution in [2.24, 2.45) is 0 Å². The van der Waals surface area contributed by atoms with Crippen molar-refractivity contribution in [2.45, 2.75) is 11.3 Å². The number of sulfonamides is 1. The second-order valence-electron chi connectivity index (χ2n) is 6.29. The van der Waals surface area contributed by atoms with Crippen LogP contribution in [0.1, 0.15) is 5.56 Å².